The van der Waals surface area contributed by atoms with Crippen LogP contribution in [0.4, 0.5) is 17.1 Å². The molecule has 0 fully saturated rings. The molecule has 0 atom stereocenters. The van der Waals surface area contributed by atoms with Crippen molar-refractivity contribution in [2.24, 2.45) is 10.2 Å². The van der Waals surface area contributed by atoms with E-state index >= 15 is 0 Å². The van der Waals surface area contributed by atoms with Crippen LogP contribution in [0.3, 0.4) is 0 Å². The normalized spacial score (nSPS) is 12.2. The van der Waals surface area contributed by atoms with Gasteiger partial charge in [0.1, 0.15) is 0 Å². The zero-order valence-electron chi connectivity index (χ0n) is 15.2. The highest BCUT2D eigenvalue weighted by Crippen LogP contribution is 2.23. The highest BCUT2D eigenvalue weighted by atomic mass is 32.2. The molecule has 0 aliphatic carbocycles. The number of sulfonamides is 1. The van der Waals surface area contributed by atoms with Crippen molar-refractivity contribution in [3.63, 3.8) is 0 Å². The van der Waals surface area contributed by atoms with Gasteiger partial charge >= 0.3 is 0 Å². The van der Waals surface area contributed by atoms with Crippen molar-refractivity contribution in [2.45, 2.75) is 16.7 Å². The van der Waals surface area contributed by atoms with Gasteiger partial charge in [-0.15, -0.1) is 0 Å². The molecule has 3 aromatic carbocycles. The lowest BCUT2D eigenvalue weighted by molar-refractivity contribution is 0.483. The van der Waals surface area contributed by atoms with Crippen LogP contribution >= 0.6 is 0 Å². The minimum Gasteiger partial charge on any atom is -0.282 e. The molecule has 8 nitrogen and oxygen atoms in total. The summed E-state index contributed by atoms with van der Waals surface area (Å²) in [7, 11) is -7.95. The quantitative estimate of drug-likeness (QED) is 0.440. The van der Waals surface area contributed by atoms with Crippen molar-refractivity contribution in [1.82, 2.24) is 0 Å². The van der Waals surface area contributed by atoms with E-state index in [1.54, 1.807) is 36.4 Å². The Hall–Kier alpha value is -3.08. The molecule has 29 heavy (non-hydrogen) atoms. The van der Waals surface area contributed by atoms with Gasteiger partial charge in [0.05, 0.1) is 21.2 Å². The molecule has 3 aromatic rings. The summed E-state index contributed by atoms with van der Waals surface area (Å²) in [6.45, 7) is 1.87. The molecule has 150 valence electrons. The van der Waals surface area contributed by atoms with E-state index in [1.807, 2.05) is 6.92 Å². The van der Waals surface area contributed by atoms with Crippen molar-refractivity contribution >= 4 is 37.2 Å². The monoisotopic (exact) mass is 431 g/mol. The second kappa shape index (κ2) is 8.11. The Bertz CT molecular complexity index is 1230. The van der Waals surface area contributed by atoms with Gasteiger partial charge in [-0.25, -0.2) is 8.42 Å². The first kappa shape index (κ1) is 20.6. The molecular weight excluding hydrogens is 414 g/mol. The minimum atomic E-state index is -4.26. The zero-order valence-corrected chi connectivity index (χ0v) is 16.9. The Balaban J connectivity index is 1.70. The van der Waals surface area contributed by atoms with Gasteiger partial charge < -0.3 is 0 Å². The fourth-order valence-electron chi connectivity index (χ4n) is 2.33. The Labute approximate surface area is 168 Å². The molecule has 10 heteroatoms. The number of anilines is 1. The third-order valence-electron chi connectivity index (χ3n) is 3.87. The van der Waals surface area contributed by atoms with Gasteiger partial charge in [-0.05, 0) is 67.6 Å². The Kier molecular flexibility index (Phi) is 5.78. The largest absolute Gasteiger partial charge is 0.294 e. The van der Waals surface area contributed by atoms with Crippen LogP contribution in [0.5, 0.6) is 0 Å². The number of benzene rings is 3. The number of azo groups is 1. The topological polar surface area (TPSA) is 125 Å². The summed E-state index contributed by atoms with van der Waals surface area (Å²) < 4.78 is 58.3. The minimum absolute atomic E-state index is 0.167. The highest BCUT2D eigenvalue weighted by molar-refractivity contribution is 7.92. The van der Waals surface area contributed by atoms with Gasteiger partial charge in [0.15, 0.2) is 0 Å². The molecule has 0 heterocycles. The van der Waals surface area contributed by atoms with E-state index in [2.05, 4.69) is 15.0 Å². The van der Waals surface area contributed by atoms with Crippen LogP contribution < -0.4 is 4.72 Å². The SMILES string of the molecule is Cc1ccc(S(=O)(=O)Nc2ccc(N=Nc3ccc(S(=O)(=O)O)cc3)cc2)cc1. The predicted octanol–water partition coefficient (Wildman–Crippen LogP) is 4.46. The van der Waals surface area contributed by atoms with Crippen LogP contribution in [0.1, 0.15) is 5.56 Å². The van der Waals surface area contributed by atoms with E-state index in [0.717, 1.165) is 5.56 Å². The molecule has 0 saturated heterocycles. The van der Waals surface area contributed by atoms with E-state index in [-0.39, 0.29) is 9.79 Å². The van der Waals surface area contributed by atoms with Crippen LogP contribution in [0, 0.1) is 6.92 Å². The first-order chi connectivity index (χ1) is 13.6. The third-order valence-corrected chi connectivity index (χ3v) is 6.13. The molecular formula is C19H17N3O5S2. The van der Waals surface area contributed by atoms with Gasteiger partial charge in [0, 0.05) is 5.69 Å². The fraction of sp³-hybridized carbons (Fsp3) is 0.0526. The Morgan fingerprint density at radius 2 is 1.14 bits per heavy atom. The van der Waals surface area contributed by atoms with Gasteiger partial charge in [-0.2, -0.15) is 18.6 Å². The molecule has 0 aliphatic heterocycles. The first-order valence-corrected chi connectivity index (χ1v) is 11.2. The van der Waals surface area contributed by atoms with Gasteiger partial charge in [-0.3, -0.25) is 9.27 Å². The van der Waals surface area contributed by atoms with E-state index in [4.69, 9.17) is 4.55 Å². The summed E-state index contributed by atoms with van der Waals surface area (Å²) in [5.41, 5.74) is 2.21. The fourth-order valence-corrected chi connectivity index (χ4v) is 3.87. The maximum atomic E-state index is 12.4. The molecule has 0 aromatic heterocycles. The number of aryl methyl sites for hydroxylation is 1. The molecule has 2 N–H and O–H groups in total. The first-order valence-electron chi connectivity index (χ1n) is 8.32. The molecule has 0 unspecified atom stereocenters. The van der Waals surface area contributed by atoms with Crippen molar-refractivity contribution in [1.29, 1.82) is 0 Å². The molecule has 3 rings (SSSR count). The zero-order chi connectivity index (χ0) is 21.1. The number of hydrogen-bond donors (Lipinski definition) is 2. The van der Waals surface area contributed by atoms with Crippen LogP contribution in [0.25, 0.3) is 0 Å². The second-order valence-electron chi connectivity index (χ2n) is 6.13. The number of rotatable bonds is 6. The van der Waals surface area contributed by atoms with E-state index in [9.17, 15) is 16.8 Å². The Morgan fingerprint density at radius 1 is 0.690 bits per heavy atom. The van der Waals surface area contributed by atoms with Gasteiger partial charge in [0.25, 0.3) is 20.1 Å². The summed E-state index contributed by atoms with van der Waals surface area (Å²) in [6.07, 6.45) is 0. The van der Waals surface area contributed by atoms with Crippen LogP contribution in [0.2, 0.25) is 0 Å². The highest BCUT2D eigenvalue weighted by Gasteiger charge is 2.13. The maximum Gasteiger partial charge on any atom is 0.294 e. The third kappa shape index (κ3) is 5.47. The Morgan fingerprint density at radius 3 is 1.62 bits per heavy atom. The van der Waals surface area contributed by atoms with Crippen molar-refractivity contribution < 1.29 is 21.4 Å². The number of nitrogens with zero attached hydrogens (tertiary/aromatic N) is 2. The van der Waals surface area contributed by atoms with Crippen molar-refractivity contribution in [2.75, 3.05) is 4.72 Å². The van der Waals surface area contributed by atoms with E-state index in [1.165, 1.54) is 36.4 Å². The van der Waals surface area contributed by atoms with E-state index in [0.29, 0.717) is 17.1 Å². The summed E-state index contributed by atoms with van der Waals surface area (Å²) in [4.78, 5) is -0.0677. The smallest absolute Gasteiger partial charge is 0.282 e. The lowest BCUT2D eigenvalue weighted by atomic mass is 10.2. The van der Waals surface area contributed by atoms with Gasteiger partial charge in [0.2, 0.25) is 0 Å². The summed E-state index contributed by atoms with van der Waals surface area (Å²) >= 11 is 0. The molecule has 0 bridgehead atoms. The average Bonchev–Trinajstić information content (AvgIpc) is 2.67. The second-order valence-corrected chi connectivity index (χ2v) is 9.24. The molecule has 0 saturated carbocycles. The van der Waals surface area contributed by atoms with Crippen molar-refractivity contribution in [3.05, 3.63) is 78.4 Å². The van der Waals surface area contributed by atoms with Crippen LogP contribution in [0.15, 0.2) is 92.8 Å². The van der Waals surface area contributed by atoms with Crippen molar-refractivity contribution in [3.8, 4) is 0 Å². The summed E-state index contributed by atoms with van der Waals surface area (Å²) in [5.74, 6) is 0. The molecule has 0 amide bonds. The van der Waals surface area contributed by atoms with Crippen LogP contribution in [-0.4, -0.2) is 21.4 Å². The lowest BCUT2D eigenvalue weighted by Crippen LogP contribution is -2.12. The average molecular weight is 431 g/mol. The van der Waals surface area contributed by atoms with E-state index < -0.39 is 20.1 Å². The maximum absolute atomic E-state index is 12.4. The molecule has 0 radical (unpaired) electrons. The number of hydrogen-bond acceptors (Lipinski definition) is 6. The standard InChI is InChI=1S/C19H17N3O5S2/c1-14-2-10-18(11-3-14)28(23,24)22-17-6-4-15(5-7-17)20-21-16-8-12-19(13-9-16)29(25,26)27/h2-13,22H,1H3,(H,25,26,27). The summed E-state index contributed by atoms with van der Waals surface area (Å²) in [6, 6.07) is 18.0. The lowest BCUT2D eigenvalue weighted by Gasteiger charge is -2.08. The van der Waals surface area contributed by atoms with Crippen LogP contribution in [-0.2, 0) is 20.1 Å². The summed E-state index contributed by atoms with van der Waals surface area (Å²) in [5, 5.41) is 7.98. The molecule has 0 spiro atoms. The molecule has 0 aliphatic rings. The predicted molar refractivity (Wildman–Crippen MR) is 109 cm³/mol. The number of nitrogens with one attached hydrogen (secondary N) is 1. The van der Waals surface area contributed by atoms with Gasteiger partial charge in [-0.1, -0.05) is 17.7 Å².